The van der Waals surface area contributed by atoms with Crippen LogP contribution in [-0.2, 0) is 4.79 Å². The van der Waals surface area contributed by atoms with Gasteiger partial charge in [0.15, 0.2) is 17.3 Å². The van der Waals surface area contributed by atoms with Gasteiger partial charge in [-0.25, -0.2) is 4.79 Å². The molecule has 35 heavy (non-hydrogen) atoms. The van der Waals surface area contributed by atoms with Gasteiger partial charge in [0, 0.05) is 11.6 Å². The standard InChI is InChI=1S/C28H23ClO6/c1-16-13-17(2)25-23(14-16)34-27(19-7-5-6-8-20(19)29)28(26(25)31)35-24(30)12-10-18-9-11-21(32-3)22(15-18)33-4/h5-15H,1-4H3. The monoisotopic (exact) mass is 490 g/mol. The van der Waals surface area contributed by atoms with Gasteiger partial charge in [-0.15, -0.1) is 0 Å². The van der Waals surface area contributed by atoms with E-state index in [0.717, 1.165) is 11.1 Å². The molecule has 0 amide bonds. The number of aryl methyl sites for hydroxylation is 2. The number of fused-ring (bicyclic) bond motifs is 1. The Morgan fingerprint density at radius 2 is 1.71 bits per heavy atom. The summed E-state index contributed by atoms with van der Waals surface area (Å²) in [6.07, 6.45) is 2.78. The maximum atomic E-state index is 13.5. The van der Waals surface area contributed by atoms with Crippen molar-refractivity contribution in [2.24, 2.45) is 0 Å². The minimum absolute atomic E-state index is 0.0889. The van der Waals surface area contributed by atoms with Gasteiger partial charge in [-0.2, -0.15) is 0 Å². The van der Waals surface area contributed by atoms with Crippen molar-refractivity contribution in [3.63, 3.8) is 0 Å². The van der Waals surface area contributed by atoms with E-state index in [1.165, 1.54) is 13.2 Å². The fraction of sp³-hybridized carbons (Fsp3) is 0.143. The van der Waals surface area contributed by atoms with Crippen LogP contribution in [0.1, 0.15) is 16.7 Å². The van der Waals surface area contributed by atoms with Gasteiger partial charge in [-0.1, -0.05) is 35.9 Å². The Morgan fingerprint density at radius 3 is 2.43 bits per heavy atom. The lowest BCUT2D eigenvalue weighted by molar-refractivity contribution is -0.129. The van der Waals surface area contributed by atoms with Crippen molar-refractivity contribution < 1.29 is 23.4 Å². The number of benzene rings is 3. The van der Waals surface area contributed by atoms with Crippen LogP contribution in [0.5, 0.6) is 17.2 Å². The van der Waals surface area contributed by atoms with Gasteiger partial charge in [0.2, 0.25) is 11.2 Å². The van der Waals surface area contributed by atoms with Crippen molar-refractivity contribution in [1.82, 2.24) is 0 Å². The van der Waals surface area contributed by atoms with Gasteiger partial charge in [0.25, 0.3) is 0 Å². The van der Waals surface area contributed by atoms with Crippen molar-refractivity contribution in [1.29, 1.82) is 0 Å². The Hall–Kier alpha value is -4.03. The number of rotatable bonds is 6. The SMILES string of the molecule is COc1ccc(C=CC(=O)Oc2c(-c3ccccc3Cl)oc3cc(C)cc(C)c3c2=O)cc1OC. The molecule has 0 spiro atoms. The van der Waals surface area contributed by atoms with Crippen LogP contribution >= 0.6 is 11.6 Å². The number of hydrogen-bond acceptors (Lipinski definition) is 6. The van der Waals surface area contributed by atoms with E-state index in [-0.39, 0.29) is 11.5 Å². The predicted molar refractivity (Wildman–Crippen MR) is 137 cm³/mol. The molecule has 4 rings (SSSR count). The number of carbonyl (C=O) groups excluding carboxylic acids is 1. The molecule has 0 radical (unpaired) electrons. The molecule has 0 aliphatic carbocycles. The Bertz CT molecular complexity index is 1520. The molecule has 1 aromatic heterocycles. The molecule has 0 N–H and O–H groups in total. The van der Waals surface area contributed by atoms with E-state index in [1.54, 1.807) is 61.7 Å². The van der Waals surface area contributed by atoms with Gasteiger partial charge in [-0.05, 0) is 66.9 Å². The fourth-order valence-electron chi connectivity index (χ4n) is 3.84. The molecule has 7 heteroatoms. The van der Waals surface area contributed by atoms with Crippen molar-refractivity contribution in [3.8, 4) is 28.6 Å². The summed E-state index contributed by atoms with van der Waals surface area (Å²) in [4.78, 5) is 26.3. The number of methoxy groups -OCH3 is 2. The molecule has 178 valence electrons. The number of hydrogen-bond donors (Lipinski definition) is 0. The summed E-state index contributed by atoms with van der Waals surface area (Å²) in [5.74, 6) is 0.205. The molecule has 0 atom stereocenters. The van der Waals surface area contributed by atoms with E-state index < -0.39 is 11.4 Å². The maximum Gasteiger partial charge on any atom is 0.336 e. The van der Waals surface area contributed by atoms with Crippen LogP contribution in [0.15, 0.2) is 69.9 Å². The second kappa shape index (κ2) is 10.1. The molecule has 0 saturated carbocycles. The highest BCUT2D eigenvalue weighted by atomic mass is 35.5. The van der Waals surface area contributed by atoms with Crippen molar-refractivity contribution >= 4 is 34.6 Å². The highest BCUT2D eigenvalue weighted by molar-refractivity contribution is 6.33. The molecule has 3 aromatic carbocycles. The first kappa shape index (κ1) is 24.1. The first-order chi connectivity index (χ1) is 16.8. The Balaban J connectivity index is 1.78. The largest absolute Gasteiger partial charge is 0.493 e. The lowest BCUT2D eigenvalue weighted by Gasteiger charge is -2.12. The van der Waals surface area contributed by atoms with Crippen molar-refractivity contribution in [2.45, 2.75) is 13.8 Å². The van der Waals surface area contributed by atoms with Crippen LogP contribution in [0, 0.1) is 13.8 Å². The third kappa shape index (κ3) is 4.93. The summed E-state index contributed by atoms with van der Waals surface area (Å²) < 4.78 is 22.2. The zero-order valence-electron chi connectivity index (χ0n) is 19.7. The van der Waals surface area contributed by atoms with Gasteiger partial charge >= 0.3 is 5.97 Å². The summed E-state index contributed by atoms with van der Waals surface area (Å²) in [6, 6.07) is 15.7. The summed E-state index contributed by atoms with van der Waals surface area (Å²) in [5, 5.41) is 0.704. The second-order valence-corrected chi connectivity index (χ2v) is 8.30. The minimum Gasteiger partial charge on any atom is -0.493 e. The molecule has 6 nitrogen and oxygen atoms in total. The van der Waals surface area contributed by atoms with Crippen LogP contribution in [0.3, 0.4) is 0 Å². The number of ether oxygens (including phenoxy) is 3. The molecule has 0 aliphatic rings. The summed E-state index contributed by atoms with van der Waals surface area (Å²) in [6.45, 7) is 3.72. The molecule has 0 aliphatic heterocycles. The third-order valence-electron chi connectivity index (χ3n) is 5.44. The average Bonchev–Trinajstić information content (AvgIpc) is 2.84. The zero-order chi connectivity index (χ0) is 25.1. The first-order valence-electron chi connectivity index (χ1n) is 10.8. The Labute approximate surface area is 207 Å². The molecule has 0 fully saturated rings. The summed E-state index contributed by atoms with van der Waals surface area (Å²) in [5.41, 5.74) is 2.72. The molecule has 1 heterocycles. The van der Waals surface area contributed by atoms with E-state index in [0.29, 0.717) is 38.6 Å². The molecular weight excluding hydrogens is 468 g/mol. The first-order valence-corrected chi connectivity index (χ1v) is 11.1. The van der Waals surface area contributed by atoms with Crippen molar-refractivity contribution in [2.75, 3.05) is 14.2 Å². The Morgan fingerprint density at radius 1 is 0.971 bits per heavy atom. The van der Waals surface area contributed by atoms with Gasteiger partial charge in [0.05, 0.1) is 24.6 Å². The molecule has 0 saturated heterocycles. The third-order valence-corrected chi connectivity index (χ3v) is 5.77. The van der Waals surface area contributed by atoms with Gasteiger partial charge in [-0.3, -0.25) is 4.79 Å². The fourth-order valence-corrected chi connectivity index (χ4v) is 4.07. The van der Waals surface area contributed by atoms with Gasteiger partial charge < -0.3 is 18.6 Å². The topological polar surface area (TPSA) is 75.0 Å². The number of esters is 1. The van der Waals surface area contributed by atoms with Crippen LogP contribution < -0.4 is 19.6 Å². The van der Waals surface area contributed by atoms with Crippen LogP contribution in [0.2, 0.25) is 5.02 Å². The zero-order valence-corrected chi connectivity index (χ0v) is 20.4. The minimum atomic E-state index is -0.746. The molecule has 0 bridgehead atoms. The quantitative estimate of drug-likeness (QED) is 0.231. The smallest absolute Gasteiger partial charge is 0.336 e. The van der Waals surface area contributed by atoms with Crippen LogP contribution in [-0.4, -0.2) is 20.2 Å². The predicted octanol–water partition coefficient (Wildman–Crippen LogP) is 6.37. The second-order valence-electron chi connectivity index (χ2n) is 7.89. The van der Waals surface area contributed by atoms with Crippen LogP contribution in [0.4, 0.5) is 0 Å². The van der Waals surface area contributed by atoms with E-state index in [9.17, 15) is 9.59 Å². The summed E-state index contributed by atoms with van der Waals surface area (Å²) >= 11 is 6.39. The number of carbonyl (C=O) groups is 1. The van der Waals surface area contributed by atoms with E-state index in [4.69, 9.17) is 30.2 Å². The summed E-state index contributed by atoms with van der Waals surface area (Å²) in [7, 11) is 3.07. The van der Waals surface area contributed by atoms with E-state index in [1.807, 2.05) is 19.9 Å². The lowest BCUT2D eigenvalue weighted by atomic mass is 10.0. The normalized spacial score (nSPS) is 11.1. The Kier molecular flexibility index (Phi) is 6.94. The highest BCUT2D eigenvalue weighted by Crippen LogP contribution is 2.36. The number of halogens is 1. The van der Waals surface area contributed by atoms with E-state index >= 15 is 0 Å². The molecular formula is C28H23ClO6. The van der Waals surface area contributed by atoms with Gasteiger partial charge in [0.1, 0.15) is 5.58 Å². The van der Waals surface area contributed by atoms with Crippen LogP contribution in [0.25, 0.3) is 28.4 Å². The van der Waals surface area contributed by atoms with Crippen molar-refractivity contribution in [3.05, 3.63) is 92.6 Å². The highest BCUT2D eigenvalue weighted by Gasteiger charge is 2.22. The average molecular weight is 491 g/mol. The lowest BCUT2D eigenvalue weighted by Crippen LogP contribution is -2.15. The molecule has 0 unspecified atom stereocenters. The van der Waals surface area contributed by atoms with E-state index in [2.05, 4.69) is 0 Å². The maximum absolute atomic E-state index is 13.5. The molecule has 4 aromatic rings.